The summed E-state index contributed by atoms with van der Waals surface area (Å²) in [5.41, 5.74) is 5.53. The molecular weight excluding hydrogens is 380 g/mol. The van der Waals surface area contributed by atoms with Crippen molar-refractivity contribution in [1.29, 1.82) is 0 Å². The predicted molar refractivity (Wildman–Crippen MR) is 114 cm³/mol. The molecule has 4 aromatic rings. The fourth-order valence-corrected chi connectivity index (χ4v) is 4.20. The number of aromatic nitrogens is 5. The molecule has 2 atom stereocenters. The maximum Gasteiger partial charge on any atom is 0.241 e. The van der Waals surface area contributed by atoms with Crippen LogP contribution < -0.4 is 10.1 Å². The van der Waals surface area contributed by atoms with Gasteiger partial charge in [0.15, 0.2) is 0 Å². The molecule has 30 heavy (non-hydrogen) atoms. The van der Waals surface area contributed by atoms with Crippen LogP contribution in [0.15, 0.2) is 30.6 Å². The summed E-state index contributed by atoms with van der Waals surface area (Å²) in [5, 5.41) is 8.49. The Balaban J connectivity index is 1.58. The van der Waals surface area contributed by atoms with Crippen LogP contribution in [0.1, 0.15) is 19.0 Å². The van der Waals surface area contributed by atoms with Gasteiger partial charge in [0.2, 0.25) is 11.8 Å². The van der Waals surface area contributed by atoms with Crippen molar-refractivity contribution in [2.45, 2.75) is 26.4 Å². The van der Waals surface area contributed by atoms with Crippen molar-refractivity contribution in [2.24, 2.45) is 20.0 Å². The van der Waals surface area contributed by atoms with E-state index < -0.39 is 0 Å². The lowest BCUT2D eigenvalue weighted by Crippen LogP contribution is -2.26. The molecule has 1 aromatic carbocycles. The van der Waals surface area contributed by atoms with E-state index in [2.05, 4.69) is 27.5 Å². The number of ether oxygens (including phenoxy) is 1. The molecule has 1 N–H and O–H groups in total. The van der Waals surface area contributed by atoms with Gasteiger partial charge in [-0.1, -0.05) is 6.07 Å². The maximum absolute atomic E-state index is 11.6. The monoisotopic (exact) mass is 404 g/mol. The molecule has 0 aliphatic carbocycles. The molecule has 0 saturated carbocycles. The average Bonchev–Trinajstić information content (AvgIpc) is 3.40. The Bertz CT molecular complexity index is 1290. The second kappa shape index (κ2) is 6.83. The lowest BCUT2D eigenvalue weighted by molar-refractivity contribution is -0.119. The Morgan fingerprint density at radius 2 is 2.10 bits per heavy atom. The molecule has 154 valence electrons. The lowest BCUT2D eigenvalue weighted by atomic mass is 10.0. The minimum absolute atomic E-state index is 0.0722. The Hall–Kier alpha value is -3.42. The molecule has 0 bridgehead atoms. The largest absolute Gasteiger partial charge is 0.473 e. The zero-order valence-electron chi connectivity index (χ0n) is 17.5. The smallest absolute Gasteiger partial charge is 0.241 e. The molecule has 5 rings (SSSR count). The van der Waals surface area contributed by atoms with Crippen LogP contribution >= 0.6 is 0 Å². The van der Waals surface area contributed by atoms with E-state index in [1.165, 1.54) is 0 Å². The van der Waals surface area contributed by atoms with Gasteiger partial charge in [0.1, 0.15) is 11.6 Å². The molecule has 1 aliphatic heterocycles. The summed E-state index contributed by atoms with van der Waals surface area (Å²) < 4.78 is 10.1. The molecule has 1 fully saturated rings. The number of nitrogens with zero attached hydrogens (tertiary/aromatic N) is 5. The van der Waals surface area contributed by atoms with Crippen LogP contribution in [-0.4, -0.2) is 42.9 Å². The third-order valence-electron chi connectivity index (χ3n) is 5.96. The van der Waals surface area contributed by atoms with E-state index in [4.69, 9.17) is 9.72 Å². The number of pyridine rings is 1. The molecule has 3 aromatic heterocycles. The first kappa shape index (κ1) is 18.6. The molecule has 8 heteroatoms. The summed E-state index contributed by atoms with van der Waals surface area (Å²) >= 11 is 0. The van der Waals surface area contributed by atoms with Gasteiger partial charge in [0.05, 0.1) is 28.7 Å². The number of benzene rings is 1. The number of hydrogen-bond acceptors (Lipinski definition) is 5. The van der Waals surface area contributed by atoms with E-state index >= 15 is 0 Å². The van der Waals surface area contributed by atoms with Crippen molar-refractivity contribution in [1.82, 2.24) is 29.6 Å². The van der Waals surface area contributed by atoms with E-state index in [9.17, 15) is 4.79 Å². The number of carbonyl (C=O) groups is 1. The summed E-state index contributed by atoms with van der Waals surface area (Å²) in [5.74, 6) is 0.737. The van der Waals surface area contributed by atoms with Crippen molar-refractivity contribution < 1.29 is 9.53 Å². The van der Waals surface area contributed by atoms with E-state index in [1.807, 2.05) is 49.3 Å². The summed E-state index contributed by atoms with van der Waals surface area (Å²) in [4.78, 5) is 21.0. The summed E-state index contributed by atoms with van der Waals surface area (Å²) in [6, 6.07) is 8.21. The van der Waals surface area contributed by atoms with Crippen LogP contribution in [-0.2, 0) is 18.9 Å². The summed E-state index contributed by atoms with van der Waals surface area (Å²) in [6.07, 6.45) is 2.10. The molecular formula is C22H24N6O2. The summed E-state index contributed by atoms with van der Waals surface area (Å²) in [6.45, 7) is 4.63. The van der Waals surface area contributed by atoms with Crippen molar-refractivity contribution in [3.63, 3.8) is 0 Å². The van der Waals surface area contributed by atoms with Crippen LogP contribution in [0.4, 0.5) is 0 Å². The number of imidazole rings is 1. The zero-order valence-corrected chi connectivity index (χ0v) is 17.5. The van der Waals surface area contributed by atoms with E-state index in [0.29, 0.717) is 18.8 Å². The lowest BCUT2D eigenvalue weighted by Gasteiger charge is -2.20. The SMILES string of the molecule is Cc1nn(C)c2ccc(-c3cc4ncn(C)c4c(OC(C)C4CNC(=O)C4)n3)cc12. The first-order valence-corrected chi connectivity index (χ1v) is 10.1. The standard InChI is InChI=1S/C22H24N6O2/c1-12-16-7-14(5-6-19(16)28(4)26-12)17-9-18-21(27(3)11-24-18)22(25-17)30-13(2)15-8-20(29)23-10-15/h5-7,9,11,13,15H,8,10H2,1-4H3,(H,23,29). The minimum Gasteiger partial charge on any atom is -0.473 e. The van der Waals surface area contributed by atoms with Gasteiger partial charge in [-0.15, -0.1) is 0 Å². The highest BCUT2D eigenvalue weighted by Gasteiger charge is 2.29. The van der Waals surface area contributed by atoms with Gasteiger partial charge in [0, 0.05) is 43.9 Å². The molecule has 1 aliphatic rings. The van der Waals surface area contributed by atoms with Crippen LogP contribution in [0.2, 0.25) is 0 Å². The maximum atomic E-state index is 11.6. The van der Waals surface area contributed by atoms with Crippen LogP contribution in [0, 0.1) is 12.8 Å². The third kappa shape index (κ3) is 2.99. The van der Waals surface area contributed by atoms with Gasteiger partial charge in [0.25, 0.3) is 0 Å². The Morgan fingerprint density at radius 1 is 1.27 bits per heavy atom. The molecule has 8 nitrogen and oxygen atoms in total. The second-order valence-electron chi connectivity index (χ2n) is 8.07. The fourth-order valence-electron chi connectivity index (χ4n) is 4.20. The number of hydrogen-bond donors (Lipinski definition) is 1. The van der Waals surface area contributed by atoms with E-state index in [0.717, 1.165) is 38.9 Å². The van der Waals surface area contributed by atoms with E-state index in [-0.39, 0.29) is 17.9 Å². The zero-order chi connectivity index (χ0) is 21.0. The molecule has 4 heterocycles. The first-order chi connectivity index (χ1) is 14.4. The van der Waals surface area contributed by atoms with E-state index in [1.54, 1.807) is 6.33 Å². The van der Waals surface area contributed by atoms with Crippen molar-refractivity contribution in [3.05, 3.63) is 36.3 Å². The van der Waals surface area contributed by atoms with Crippen LogP contribution in [0.3, 0.4) is 0 Å². The average molecular weight is 404 g/mol. The second-order valence-corrected chi connectivity index (χ2v) is 8.07. The normalized spacial score (nSPS) is 17.6. The van der Waals surface area contributed by atoms with Gasteiger partial charge in [-0.3, -0.25) is 9.48 Å². The first-order valence-electron chi connectivity index (χ1n) is 10.1. The van der Waals surface area contributed by atoms with Gasteiger partial charge in [-0.25, -0.2) is 9.97 Å². The Kier molecular flexibility index (Phi) is 4.23. The van der Waals surface area contributed by atoms with Crippen LogP contribution in [0.25, 0.3) is 33.2 Å². The van der Waals surface area contributed by atoms with Crippen molar-refractivity contribution in [2.75, 3.05) is 6.54 Å². The highest BCUT2D eigenvalue weighted by atomic mass is 16.5. The minimum atomic E-state index is -0.146. The molecule has 1 amide bonds. The van der Waals surface area contributed by atoms with Gasteiger partial charge in [-0.05, 0) is 32.0 Å². The van der Waals surface area contributed by atoms with Crippen molar-refractivity contribution >= 4 is 27.8 Å². The fraction of sp³-hybridized carbons (Fsp3) is 0.364. The topological polar surface area (TPSA) is 86.9 Å². The quantitative estimate of drug-likeness (QED) is 0.565. The molecule has 1 saturated heterocycles. The number of fused-ring (bicyclic) bond motifs is 2. The Labute approximate surface area is 173 Å². The van der Waals surface area contributed by atoms with Gasteiger partial charge < -0.3 is 14.6 Å². The predicted octanol–water partition coefficient (Wildman–Crippen LogP) is 2.73. The number of nitrogens with one attached hydrogen (secondary N) is 1. The van der Waals surface area contributed by atoms with Gasteiger partial charge in [-0.2, -0.15) is 5.10 Å². The number of amides is 1. The molecule has 0 spiro atoms. The number of carbonyl (C=O) groups excluding carboxylic acids is 1. The third-order valence-corrected chi connectivity index (χ3v) is 5.96. The van der Waals surface area contributed by atoms with Gasteiger partial charge >= 0.3 is 0 Å². The van der Waals surface area contributed by atoms with Crippen molar-refractivity contribution in [3.8, 4) is 17.1 Å². The molecule has 0 radical (unpaired) electrons. The summed E-state index contributed by atoms with van der Waals surface area (Å²) in [7, 11) is 3.88. The molecule has 2 unspecified atom stereocenters. The highest BCUT2D eigenvalue weighted by molar-refractivity contribution is 5.89. The Morgan fingerprint density at radius 3 is 2.87 bits per heavy atom. The number of rotatable bonds is 4. The number of aryl methyl sites for hydroxylation is 3. The van der Waals surface area contributed by atoms with Crippen LogP contribution in [0.5, 0.6) is 5.88 Å². The highest BCUT2D eigenvalue weighted by Crippen LogP contribution is 2.32.